The van der Waals surface area contributed by atoms with Crippen molar-refractivity contribution in [2.45, 2.75) is 30.7 Å². The van der Waals surface area contributed by atoms with Crippen molar-refractivity contribution in [3.05, 3.63) is 46.6 Å². The van der Waals surface area contributed by atoms with Gasteiger partial charge < -0.3 is 49.6 Å². The standard InChI is InChI=1S/C21H20O11/c22-7-13-15(26)17(28)18(29)21(31-13)32-20-16(27)14-11(25)5-10(24)6-12(14)30-19(20)8-1-3-9(23)4-2-8/h1-6,13,15,17-18,21-26,28-29H,7H2/t13-,15-,17-,18-,21+/m1/s1. The lowest BCUT2D eigenvalue weighted by atomic mass is 9.99. The molecule has 0 saturated carbocycles. The second-order valence-electron chi connectivity index (χ2n) is 7.29. The summed E-state index contributed by atoms with van der Waals surface area (Å²) in [7, 11) is 0. The summed E-state index contributed by atoms with van der Waals surface area (Å²) in [6, 6.07) is 7.48. The Labute approximate surface area is 179 Å². The number of rotatable bonds is 4. The molecule has 0 amide bonds. The molecule has 0 spiro atoms. The number of aliphatic hydroxyl groups is 4. The van der Waals surface area contributed by atoms with Gasteiger partial charge in [-0.15, -0.1) is 0 Å². The normalized spacial score (nSPS) is 25.7. The van der Waals surface area contributed by atoms with Crippen LogP contribution in [0.5, 0.6) is 23.0 Å². The third-order valence-corrected chi connectivity index (χ3v) is 5.13. The Balaban J connectivity index is 1.89. The Morgan fingerprint density at radius 2 is 1.59 bits per heavy atom. The van der Waals surface area contributed by atoms with E-state index < -0.39 is 54.2 Å². The van der Waals surface area contributed by atoms with E-state index in [1.807, 2.05) is 0 Å². The van der Waals surface area contributed by atoms with Crippen molar-refractivity contribution in [3.8, 4) is 34.3 Å². The number of aromatic hydroxyl groups is 3. The fourth-order valence-electron chi connectivity index (χ4n) is 3.46. The van der Waals surface area contributed by atoms with E-state index in [0.29, 0.717) is 0 Å². The number of phenols is 3. The first-order chi connectivity index (χ1) is 15.2. The Bertz CT molecular complexity index is 1190. The minimum atomic E-state index is -1.80. The first-order valence-corrected chi connectivity index (χ1v) is 9.50. The second kappa shape index (κ2) is 8.30. The average Bonchev–Trinajstić information content (AvgIpc) is 2.75. The van der Waals surface area contributed by atoms with Crippen LogP contribution in [-0.4, -0.2) is 73.1 Å². The van der Waals surface area contributed by atoms with E-state index in [0.717, 1.165) is 12.1 Å². The molecule has 7 N–H and O–H groups in total. The molecule has 0 aliphatic carbocycles. The van der Waals surface area contributed by atoms with Crippen molar-refractivity contribution in [2.75, 3.05) is 6.61 Å². The summed E-state index contributed by atoms with van der Waals surface area (Å²) in [6.07, 6.45) is -8.16. The predicted molar refractivity (Wildman–Crippen MR) is 107 cm³/mol. The van der Waals surface area contributed by atoms with Gasteiger partial charge in [0.05, 0.1) is 6.61 Å². The second-order valence-corrected chi connectivity index (χ2v) is 7.29. The van der Waals surface area contributed by atoms with Gasteiger partial charge in [-0.2, -0.15) is 0 Å². The van der Waals surface area contributed by atoms with Crippen LogP contribution in [-0.2, 0) is 4.74 Å². The smallest absolute Gasteiger partial charge is 0.239 e. The molecule has 3 aromatic rings. The summed E-state index contributed by atoms with van der Waals surface area (Å²) < 4.78 is 16.6. The highest BCUT2D eigenvalue weighted by molar-refractivity contribution is 5.88. The maximum Gasteiger partial charge on any atom is 0.239 e. The first kappa shape index (κ1) is 21.9. The molecule has 5 atom stereocenters. The number of hydrogen-bond donors (Lipinski definition) is 7. The van der Waals surface area contributed by atoms with E-state index >= 15 is 0 Å². The van der Waals surface area contributed by atoms with Gasteiger partial charge in [0, 0.05) is 17.7 Å². The van der Waals surface area contributed by atoms with Gasteiger partial charge in [-0.3, -0.25) is 4.79 Å². The van der Waals surface area contributed by atoms with E-state index in [4.69, 9.17) is 13.9 Å². The van der Waals surface area contributed by atoms with Gasteiger partial charge in [-0.1, -0.05) is 0 Å². The van der Waals surface area contributed by atoms with Gasteiger partial charge in [0.1, 0.15) is 52.6 Å². The predicted octanol–water partition coefficient (Wildman–Crippen LogP) is -0.244. The number of benzene rings is 2. The van der Waals surface area contributed by atoms with Crippen LogP contribution in [0.2, 0.25) is 0 Å². The summed E-state index contributed by atoms with van der Waals surface area (Å²) in [4.78, 5) is 13.2. The minimum Gasteiger partial charge on any atom is -0.508 e. The van der Waals surface area contributed by atoms with Gasteiger partial charge in [-0.05, 0) is 24.3 Å². The number of aliphatic hydroxyl groups excluding tert-OH is 4. The van der Waals surface area contributed by atoms with Crippen LogP contribution in [0.4, 0.5) is 0 Å². The van der Waals surface area contributed by atoms with Crippen LogP contribution in [0.3, 0.4) is 0 Å². The summed E-state index contributed by atoms with van der Waals surface area (Å²) in [5.41, 5.74) is -0.801. The molecule has 2 aromatic carbocycles. The molecule has 1 fully saturated rings. The van der Waals surface area contributed by atoms with Crippen molar-refractivity contribution in [2.24, 2.45) is 0 Å². The Morgan fingerprint density at radius 3 is 2.25 bits per heavy atom. The SMILES string of the molecule is O=c1c(O[C@@H]2O[C@H](CO)[C@@H](O)[C@@H](O)[C@H]2O)c(-c2ccc(O)cc2)oc2cc(O)cc(O)c12. The highest BCUT2D eigenvalue weighted by Crippen LogP contribution is 2.37. The van der Waals surface area contributed by atoms with Gasteiger partial charge in [-0.25, -0.2) is 0 Å². The van der Waals surface area contributed by atoms with E-state index in [1.54, 1.807) is 0 Å². The van der Waals surface area contributed by atoms with Gasteiger partial charge in [0.2, 0.25) is 17.5 Å². The quantitative estimate of drug-likeness (QED) is 0.279. The first-order valence-electron chi connectivity index (χ1n) is 9.50. The fraction of sp³-hybridized carbons (Fsp3) is 0.286. The molecule has 11 nitrogen and oxygen atoms in total. The van der Waals surface area contributed by atoms with Crippen molar-refractivity contribution in [1.82, 2.24) is 0 Å². The molecule has 0 bridgehead atoms. The van der Waals surface area contributed by atoms with Gasteiger partial charge >= 0.3 is 0 Å². The lowest BCUT2D eigenvalue weighted by Crippen LogP contribution is -2.60. The zero-order chi connectivity index (χ0) is 23.2. The highest BCUT2D eigenvalue weighted by Gasteiger charge is 2.45. The number of phenolic OH excluding ortho intramolecular Hbond substituents is 3. The van der Waals surface area contributed by atoms with Crippen LogP contribution in [0.1, 0.15) is 0 Å². The van der Waals surface area contributed by atoms with Crippen molar-refractivity contribution < 1.29 is 49.6 Å². The number of hydrogen-bond acceptors (Lipinski definition) is 11. The molecule has 0 radical (unpaired) electrons. The molecule has 32 heavy (non-hydrogen) atoms. The molecule has 11 heteroatoms. The van der Waals surface area contributed by atoms with Crippen molar-refractivity contribution in [3.63, 3.8) is 0 Å². The maximum atomic E-state index is 13.2. The van der Waals surface area contributed by atoms with Gasteiger partial charge in [0.25, 0.3) is 0 Å². The van der Waals surface area contributed by atoms with Crippen LogP contribution < -0.4 is 10.2 Å². The van der Waals surface area contributed by atoms with Crippen molar-refractivity contribution in [1.29, 1.82) is 0 Å². The number of ether oxygens (including phenoxy) is 2. The summed E-state index contributed by atoms with van der Waals surface area (Å²) in [5, 5.41) is 68.8. The van der Waals surface area contributed by atoms with E-state index in [-0.39, 0.29) is 33.8 Å². The van der Waals surface area contributed by atoms with Crippen LogP contribution in [0.15, 0.2) is 45.6 Å². The monoisotopic (exact) mass is 448 g/mol. The molecular formula is C21H20O11. The molecule has 170 valence electrons. The average molecular weight is 448 g/mol. The summed E-state index contributed by atoms with van der Waals surface area (Å²) in [6.45, 7) is -0.706. The maximum absolute atomic E-state index is 13.2. The zero-order valence-corrected chi connectivity index (χ0v) is 16.3. The lowest BCUT2D eigenvalue weighted by Gasteiger charge is -2.39. The molecule has 1 aliphatic rings. The molecule has 1 aromatic heterocycles. The molecule has 1 saturated heterocycles. The Hall–Kier alpha value is -3.35. The lowest BCUT2D eigenvalue weighted by molar-refractivity contribution is -0.277. The van der Waals surface area contributed by atoms with Gasteiger partial charge in [0.15, 0.2) is 5.76 Å². The third-order valence-electron chi connectivity index (χ3n) is 5.13. The molecule has 1 aliphatic heterocycles. The van der Waals surface area contributed by atoms with Crippen molar-refractivity contribution >= 4 is 11.0 Å². The third kappa shape index (κ3) is 3.72. The topological polar surface area (TPSA) is 190 Å². The Morgan fingerprint density at radius 1 is 0.906 bits per heavy atom. The molecular weight excluding hydrogens is 428 g/mol. The molecule has 4 rings (SSSR count). The number of fused-ring (bicyclic) bond motifs is 1. The van der Waals surface area contributed by atoms with Crippen LogP contribution in [0.25, 0.3) is 22.3 Å². The summed E-state index contributed by atoms with van der Waals surface area (Å²) >= 11 is 0. The Kier molecular flexibility index (Phi) is 5.67. The zero-order valence-electron chi connectivity index (χ0n) is 16.3. The van der Waals surface area contributed by atoms with E-state index in [1.165, 1.54) is 24.3 Å². The molecule has 2 heterocycles. The summed E-state index contributed by atoms with van der Waals surface area (Å²) in [5.74, 6) is -1.73. The van der Waals surface area contributed by atoms with Crippen LogP contribution >= 0.6 is 0 Å². The van der Waals surface area contributed by atoms with E-state index in [9.17, 15) is 40.5 Å². The van der Waals surface area contributed by atoms with Crippen LogP contribution in [0, 0.1) is 0 Å². The molecule has 0 unspecified atom stereocenters. The van der Waals surface area contributed by atoms with E-state index in [2.05, 4.69) is 0 Å². The fourth-order valence-corrected chi connectivity index (χ4v) is 3.46. The minimum absolute atomic E-state index is 0.0661. The highest BCUT2D eigenvalue weighted by atomic mass is 16.7. The largest absolute Gasteiger partial charge is 0.508 e.